The molecule has 0 bridgehead atoms. The number of hydrogen-bond acceptors (Lipinski definition) is 0. The van der Waals surface area contributed by atoms with Gasteiger partial charge in [0.1, 0.15) is 0 Å². The first-order valence-corrected chi connectivity index (χ1v) is 7.11. The Labute approximate surface area is 104 Å². The quantitative estimate of drug-likeness (QED) is 0.425. The fourth-order valence-electron chi connectivity index (χ4n) is 1.76. The van der Waals surface area contributed by atoms with Crippen molar-refractivity contribution in [2.24, 2.45) is 5.92 Å². The Hall–Kier alpha value is -0.0400. The molecule has 0 aliphatic heterocycles. The van der Waals surface area contributed by atoms with Crippen molar-refractivity contribution in [3.63, 3.8) is 0 Å². The Morgan fingerprint density at radius 1 is 1.27 bits per heavy atom. The second-order valence-corrected chi connectivity index (χ2v) is 5.20. The van der Waals surface area contributed by atoms with Gasteiger partial charge in [0.05, 0.1) is 0 Å². The third kappa shape index (κ3) is 8.92. The largest absolute Gasteiger partial charge is 0.0883 e. The van der Waals surface area contributed by atoms with Crippen molar-refractivity contribution >= 4 is 15.9 Å². The van der Waals surface area contributed by atoms with Gasteiger partial charge >= 0.3 is 0 Å². The zero-order valence-electron chi connectivity index (χ0n) is 10.6. The summed E-state index contributed by atoms with van der Waals surface area (Å²) in [5.74, 6) is 0.782. The summed E-state index contributed by atoms with van der Waals surface area (Å²) >= 11 is 3.45. The van der Waals surface area contributed by atoms with Crippen molar-refractivity contribution in [3.8, 4) is 0 Å². The molecule has 0 aromatic rings. The highest BCUT2D eigenvalue weighted by atomic mass is 79.9. The molecule has 0 aliphatic carbocycles. The van der Waals surface area contributed by atoms with Crippen molar-refractivity contribution in [3.05, 3.63) is 23.3 Å². The summed E-state index contributed by atoms with van der Waals surface area (Å²) in [5.41, 5.74) is 3.11. The van der Waals surface area contributed by atoms with Gasteiger partial charge in [0.25, 0.3) is 0 Å². The summed E-state index contributed by atoms with van der Waals surface area (Å²) in [6, 6.07) is 0. The molecule has 0 nitrogen and oxygen atoms in total. The van der Waals surface area contributed by atoms with Crippen LogP contribution in [-0.2, 0) is 0 Å². The molecule has 0 fully saturated rings. The second-order valence-electron chi connectivity index (χ2n) is 4.56. The third-order valence-corrected chi connectivity index (χ3v) is 2.83. The highest BCUT2D eigenvalue weighted by molar-refractivity contribution is 9.09. The molecule has 0 rings (SSSR count). The molecule has 15 heavy (non-hydrogen) atoms. The van der Waals surface area contributed by atoms with Crippen LogP contribution in [0.3, 0.4) is 0 Å². The first kappa shape index (κ1) is 15.0. The van der Waals surface area contributed by atoms with E-state index in [-0.39, 0.29) is 0 Å². The number of rotatable bonds is 7. The molecule has 88 valence electrons. The van der Waals surface area contributed by atoms with Crippen LogP contribution >= 0.6 is 15.9 Å². The number of halogens is 1. The lowest BCUT2D eigenvalue weighted by atomic mass is 10.0. The zero-order valence-corrected chi connectivity index (χ0v) is 12.2. The van der Waals surface area contributed by atoms with Gasteiger partial charge in [-0.2, -0.15) is 0 Å². The number of allylic oxidation sites excluding steroid dienone is 4. The molecule has 0 aromatic carbocycles. The predicted molar refractivity (Wildman–Crippen MR) is 74.6 cm³/mol. The molecule has 0 heterocycles. The van der Waals surface area contributed by atoms with Crippen molar-refractivity contribution < 1.29 is 0 Å². The monoisotopic (exact) mass is 272 g/mol. The van der Waals surface area contributed by atoms with Gasteiger partial charge in [-0.15, -0.1) is 0 Å². The SMILES string of the molecule is CC/C(=C\CBr)CC/C=C(\C)CC(C)C. The topological polar surface area (TPSA) is 0 Å². The molecular formula is C14H25Br. The minimum Gasteiger partial charge on any atom is -0.0883 e. The van der Waals surface area contributed by atoms with Crippen molar-refractivity contribution in [2.75, 3.05) is 5.33 Å². The van der Waals surface area contributed by atoms with Gasteiger partial charge in [0, 0.05) is 5.33 Å². The van der Waals surface area contributed by atoms with Gasteiger partial charge in [0.2, 0.25) is 0 Å². The van der Waals surface area contributed by atoms with Gasteiger partial charge in [-0.3, -0.25) is 0 Å². The summed E-state index contributed by atoms with van der Waals surface area (Å²) < 4.78 is 0. The molecule has 1 heteroatoms. The van der Waals surface area contributed by atoms with E-state index in [0.29, 0.717) is 0 Å². The van der Waals surface area contributed by atoms with Gasteiger partial charge < -0.3 is 0 Å². The minimum absolute atomic E-state index is 0.782. The Bertz CT molecular complexity index is 211. The first-order chi connectivity index (χ1) is 7.10. The van der Waals surface area contributed by atoms with E-state index in [2.05, 4.69) is 55.8 Å². The van der Waals surface area contributed by atoms with Gasteiger partial charge in [-0.05, 0) is 38.5 Å². The van der Waals surface area contributed by atoms with Crippen LogP contribution in [0.15, 0.2) is 23.3 Å². The predicted octanol–water partition coefficient (Wildman–Crippen LogP) is 5.49. The molecule has 0 N–H and O–H groups in total. The van der Waals surface area contributed by atoms with E-state index in [1.807, 2.05) is 0 Å². The maximum Gasteiger partial charge on any atom is 0.0214 e. The normalized spacial score (nSPS) is 13.7. The lowest BCUT2D eigenvalue weighted by molar-refractivity contribution is 0.640. The van der Waals surface area contributed by atoms with E-state index in [1.165, 1.54) is 25.7 Å². The fourth-order valence-corrected chi connectivity index (χ4v) is 2.22. The van der Waals surface area contributed by atoms with Crippen molar-refractivity contribution in [1.82, 2.24) is 0 Å². The molecule has 0 aliphatic rings. The van der Waals surface area contributed by atoms with Crippen LogP contribution in [0.4, 0.5) is 0 Å². The van der Waals surface area contributed by atoms with Crippen molar-refractivity contribution in [1.29, 1.82) is 0 Å². The summed E-state index contributed by atoms with van der Waals surface area (Å²) in [6.45, 7) is 9.04. The maximum atomic E-state index is 3.45. The molecule has 0 aromatic heterocycles. The van der Waals surface area contributed by atoms with Crippen LogP contribution in [0.5, 0.6) is 0 Å². The lowest BCUT2D eigenvalue weighted by Crippen LogP contribution is -1.88. The van der Waals surface area contributed by atoms with E-state index in [9.17, 15) is 0 Å². The first-order valence-electron chi connectivity index (χ1n) is 5.99. The highest BCUT2D eigenvalue weighted by Crippen LogP contribution is 2.14. The molecule has 0 atom stereocenters. The van der Waals surface area contributed by atoms with E-state index in [1.54, 1.807) is 11.1 Å². The van der Waals surface area contributed by atoms with E-state index >= 15 is 0 Å². The molecule has 0 amide bonds. The van der Waals surface area contributed by atoms with Crippen LogP contribution in [0.2, 0.25) is 0 Å². The summed E-state index contributed by atoms with van der Waals surface area (Å²) in [7, 11) is 0. The minimum atomic E-state index is 0.782. The summed E-state index contributed by atoms with van der Waals surface area (Å²) in [6.07, 6.45) is 9.54. The van der Waals surface area contributed by atoms with Gasteiger partial charge in [-0.1, -0.05) is 60.0 Å². The number of hydrogen-bond donors (Lipinski definition) is 0. The molecule has 0 spiro atoms. The van der Waals surface area contributed by atoms with E-state index < -0.39 is 0 Å². The average Bonchev–Trinajstić information content (AvgIpc) is 2.15. The standard InChI is InChI=1S/C14H25Br/c1-5-14(9-10-15)8-6-7-13(4)11-12(2)3/h7,9,12H,5-6,8,10-11H2,1-4H3/b13-7+,14-9+. The van der Waals surface area contributed by atoms with Crippen LogP contribution in [0, 0.1) is 5.92 Å². The Morgan fingerprint density at radius 3 is 2.40 bits per heavy atom. The van der Waals surface area contributed by atoms with Crippen LogP contribution < -0.4 is 0 Å². The Kier molecular flexibility index (Phi) is 9.18. The van der Waals surface area contributed by atoms with Gasteiger partial charge in [0.15, 0.2) is 0 Å². The van der Waals surface area contributed by atoms with E-state index in [0.717, 1.165) is 11.2 Å². The Balaban J connectivity index is 3.89. The molecule has 0 saturated heterocycles. The average molecular weight is 273 g/mol. The zero-order chi connectivity index (χ0) is 11.7. The highest BCUT2D eigenvalue weighted by Gasteiger charge is 1.96. The summed E-state index contributed by atoms with van der Waals surface area (Å²) in [4.78, 5) is 0. The third-order valence-electron chi connectivity index (χ3n) is 2.51. The van der Waals surface area contributed by atoms with Crippen molar-refractivity contribution in [2.45, 2.75) is 53.4 Å². The maximum absolute atomic E-state index is 3.45. The molecule has 0 unspecified atom stereocenters. The Morgan fingerprint density at radius 2 is 1.93 bits per heavy atom. The molecule has 0 saturated carbocycles. The fraction of sp³-hybridized carbons (Fsp3) is 0.714. The molecule has 0 radical (unpaired) electrons. The lowest BCUT2D eigenvalue weighted by Gasteiger charge is -2.05. The van der Waals surface area contributed by atoms with E-state index in [4.69, 9.17) is 0 Å². The van der Waals surface area contributed by atoms with Crippen LogP contribution in [-0.4, -0.2) is 5.33 Å². The smallest absolute Gasteiger partial charge is 0.0214 e. The summed E-state index contributed by atoms with van der Waals surface area (Å²) in [5, 5.41) is 0.991. The van der Waals surface area contributed by atoms with Gasteiger partial charge in [-0.25, -0.2) is 0 Å². The molecular weight excluding hydrogens is 248 g/mol. The van der Waals surface area contributed by atoms with Crippen LogP contribution in [0.1, 0.15) is 53.4 Å². The van der Waals surface area contributed by atoms with Crippen LogP contribution in [0.25, 0.3) is 0 Å². The second kappa shape index (κ2) is 9.21. The number of alkyl halides is 1.